The van der Waals surface area contributed by atoms with E-state index in [1.54, 1.807) is 12.4 Å². The predicted octanol–water partition coefficient (Wildman–Crippen LogP) is 0.723. The number of nitrogens with two attached hydrogens (primary N) is 1. The second kappa shape index (κ2) is 5.95. The molecule has 5 nitrogen and oxygen atoms in total. The smallest absolute Gasteiger partial charge is 0.142 e. The fourth-order valence-corrected chi connectivity index (χ4v) is 1.74. The minimum atomic E-state index is -0.0789. The van der Waals surface area contributed by atoms with Crippen LogP contribution >= 0.6 is 0 Å². The monoisotopic (exact) mass is 238 g/mol. The molecule has 0 spiro atoms. The fourth-order valence-electron chi connectivity index (χ4n) is 1.74. The summed E-state index contributed by atoms with van der Waals surface area (Å²) in [5.41, 5.74) is 6.59. The highest BCUT2D eigenvalue weighted by atomic mass is 16.6. The molecule has 1 aromatic heterocycles. The molecule has 0 bridgehead atoms. The molecule has 5 heteroatoms. The topological polar surface area (TPSA) is 66.6 Å². The average molecular weight is 238 g/mol. The van der Waals surface area contributed by atoms with Crippen LogP contribution in [0.1, 0.15) is 12.5 Å². The lowest BCUT2D eigenvalue weighted by atomic mass is 10.2. The highest BCUT2D eigenvalue weighted by Gasteiger charge is 2.23. The zero-order valence-corrected chi connectivity index (χ0v) is 9.96. The SMILES string of the molecule is CC(Oc1cnccc1CN)C1COCCO1. The van der Waals surface area contributed by atoms with Crippen molar-refractivity contribution in [3.63, 3.8) is 0 Å². The maximum Gasteiger partial charge on any atom is 0.142 e. The van der Waals surface area contributed by atoms with E-state index in [4.69, 9.17) is 19.9 Å². The van der Waals surface area contributed by atoms with Gasteiger partial charge in [0.15, 0.2) is 0 Å². The van der Waals surface area contributed by atoms with Crippen LogP contribution in [0.5, 0.6) is 5.75 Å². The highest BCUT2D eigenvalue weighted by molar-refractivity contribution is 5.29. The molecule has 2 heterocycles. The third-order valence-corrected chi connectivity index (χ3v) is 2.77. The van der Waals surface area contributed by atoms with Gasteiger partial charge in [-0.1, -0.05) is 0 Å². The van der Waals surface area contributed by atoms with E-state index in [-0.39, 0.29) is 12.2 Å². The van der Waals surface area contributed by atoms with Gasteiger partial charge >= 0.3 is 0 Å². The number of hydrogen-bond acceptors (Lipinski definition) is 5. The zero-order valence-electron chi connectivity index (χ0n) is 9.96. The number of aromatic nitrogens is 1. The Morgan fingerprint density at radius 3 is 3.18 bits per heavy atom. The van der Waals surface area contributed by atoms with Gasteiger partial charge in [-0.3, -0.25) is 4.98 Å². The lowest BCUT2D eigenvalue weighted by molar-refractivity contribution is -0.122. The molecular weight excluding hydrogens is 220 g/mol. The second-order valence-electron chi connectivity index (χ2n) is 3.99. The van der Waals surface area contributed by atoms with E-state index in [2.05, 4.69) is 4.98 Å². The third-order valence-electron chi connectivity index (χ3n) is 2.77. The van der Waals surface area contributed by atoms with Crippen LogP contribution in [-0.4, -0.2) is 37.0 Å². The van der Waals surface area contributed by atoms with Crippen molar-refractivity contribution in [2.75, 3.05) is 19.8 Å². The van der Waals surface area contributed by atoms with E-state index >= 15 is 0 Å². The Morgan fingerprint density at radius 1 is 1.59 bits per heavy atom. The van der Waals surface area contributed by atoms with Crippen molar-refractivity contribution in [1.29, 1.82) is 0 Å². The average Bonchev–Trinajstić information content (AvgIpc) is 2.40. The number of ether oxygens (including phenoxy) is 3. The molecule has 1 aromatic rings. The molecule has 17 heavy (non-hydrogen) atoms. The van der Waals surface area contributed by atoms with Crippen LogP contribution in [0.2, 0.25) is 0 Å². The number of hydrogen-bond donors (Lipinski definition) is 1. The quantitative estimate of drug-likeness (QED) is 0.837. The molecule has 2 unspecified atom stereocenters. The summed E-state index contributed by atoms with van der Waals surface area (Å²) in [5.74, 6) is 0.719. The van der Waals surface area contributed by atoms with Crippen LogP contribution in [0, 0.1) is 0 Å². The Labute approximate surface area is 101 Å². The summed E-state index contributed by atoms with van der Waals surface area (Å²) in [7, 11) is 0. The van der Waals surface area contributed by atoms with Crippen molar-refractivity contribution in [1.82, 2.24) is 4.98 Å². The van der Waals surface area contributed by atoms with Crippen molar-refractivity contribution >= 4 is 0 Å². The molecule has 0 aliphatic carbocycles. The number of rotatable bonds is 4. The van der Waals surface area contributed by atoms with Crippen molar-refractivity contribution in [2.24, 2.45) is 5.73 Å². The van der Waals surface area contributed by atoms with E-state index in [1.165, 1.54) is 0 Å². The molecule has 0 amide bonds. The van der Waals surface area contributed by atoms with Crippen LogP contribution in [-0.2, 0) is 16.0 Å². The van der Waals surface area contributed by atoms with Crippen molar-refractivity contribution in [2.45, 2.75) is 25.7 Å². The lowest BCUT2D eigenvalue weighted by Gasteiger charge is -2.28. The van der Waals surface area contributed by atoms with E-state index in [1.807, 2.05) is 13.0 Å². The van der Waals surface area contributed by atoms with Crippen molar-refractivity contribution in [3.05, 3.63) is 24.0 Å². The molecule has 2 N–H and O–H groups in total. The second-order valence-corrected chi connectivity index (χ2v) is 3.99. The Morgan fingerprint density at radius 2 is 2.47 bits per heavy atom. The molecule has 94 valence electrons. The van der Waals surface area contributed by atoms with Gasteiger partial charge in [-0.05, 0) is 13.0 Å². The lowest BCUT2D eigenvalue weighted by Crippen LogP contribution is -2.40. The molecule has 2 atom stereocenters. The third kappa shape index (κ3) is 3.15. The van der Waals surface area contributed by atoms with Crippen molar-refractivity contribution < 1.29 is 14.2 Å². The molecule has 1 aliphatic rings. The first-order chi connectivity index (χ1) is 8.31. The summed E-state index contributed by atoms with van der Waals surface area (Å²) >= 11 is 0. The highest BCUT2D eigenvalue weighted by Crippen LogP contribution is 2.19. The number of pyridine rings is 1. The molecule has 1 saturated heterocycles. The summed E-state index contributed by atoms with van der Waals surface area (Å²) in [5, 5.41) is 0. The van der Waals surface area contributed by atoms with E-state index in [0.29, 0.717) is 26.4 Å². The van der Waals surface area contributed by atoms with Gasteiger partial charge < -0.3 is 19.9 Å². The summed E-state index contributed by atoms with van der Waals surface area (Å²) in [6, 6.07) is 1.86. The van der Waals surface area contributed by atoms with E-state index in [0.717, 1.165) is 11.3 Å². The molecule has 1 fully saturated rings. The molecule has 0 saturated carbocycles. The molecule has 0 radical (unpaired) electrons. The van der Waals surface area contributed by atoms with Crippen molar-refractivity contribution in [3.8, 4) is 5.75 Å². The zero-order chi connectivity index (χ0) is 12.1. The Bertz CT molecular complexity index is 353. The first kappa shape index (κ1) is 12.3. The number of nitrogens with zero attached hydrogens (tertiary/aromatic N) is 1. The van der Waals surface area contributed by atoms with Gasteiger partial charge in [-0.25, -0.2) is 0 Å². The normalized spacial score (nSPS) is 22.1. The van der Waals surface area contributed by atoms with Gasteiger partial charge in [0, 0.05) is 18.3 Å². The first-order valence-corrected chi connectivity index (χ1v) is 5.80. The van der Waals surface area contributed by atoms with Crippen LogP contribution in [0.4, 0.5) is 0 Å². The fraction of sp³-hybridized carbons (Fsp3) is 0.583. The first-order valence-electron chi connectivity index (χ1n) is 5.80. The van der Waals surface area contributed by atoms with Gasteiger partial charge in [-0.15, -0.1) is 0 Å². The maximum atomic E-state index is 5.83. The minimum absolute atomic E-state index is 0.0328. The van der Waals surface area contributed by atoms with Gasteiger partial charge in [0.05, 0.1) is 26.0 Å². The summed E-state index contributed by atoms with van der Waals surface area (Å²) < 4.78 is 16.8. The van der Waals surface area contributed by atoms with Gasteiger partial charge in [0.2, 0.25) is 0 Å². The Kier molecular flexibility index (Phi) is 4.30. The van der Waals surface area contributed by atoms with E-state index in [9.17, 15) is 0 Å². The van der Waals surface area contributed by atoms with Crippen LogP contribution in [0.3, 0.4) is 0 Å². The van der Waals surface area contributed by atoms with Gasteiger partial charge in [-0.2, -0.15) is 0 Å². The van der Waals surface area contributed by atoms with Crippen LogP contribution in [0.25, 0.3) is 0 Å². The molecular formula is C12H18N2O3. The molecule has 0 aromatic carbocycles. The van der Waals surface area contributed by atoms with Gasteiger partial charge in [0.1, 0.15) is 18.0 Å². The standard InChI is InChI=1S/C12H18N2O3/c1-9(12-8-15-4-5-16-12)17-11-7-14-3-2-10(11)6-13/h2-3,7,9,12H,4-6,8,13H2,1H3. The predicted molar refractivity (Wildman–Crippen MR) is 62.8 cm³/mol. The summed E-state index contributed by atoms with van der Waals surface area (Å²) in [6.45, 7) is 4.25. The summed E-state index contributed by atoms with van der Waals surface area (Å²) in [6.07, 6.45) is 3.28. The maximum absolute atomic E-state index is 5.83. The van der Waals surface area contributed by atoms with E-state index < -0.39 is 0 Å². The molecule has 1 aliphatic heterocycles. The van der Waals surface area contributed by atoms with Crippen LogP contribution < -0.4 is 10.5 Å². The molecule has 2 rings (SSSR count). The summed E-state index contributed by atoms with van der Waals surface area (Å²) in [4.78, 5) is 4.04. The van der Waals surface area contributed by atoms with Gasteiger partial charge in [0.25, 0.3) is 0 Å². The Hall–Kier alpha value is -1.17. The largest absolute Gasteiger partial charge is 0.486 e. The Balaban J connectivity index is 1.99. The minimum Gasteiger partial charge on any atom is -0.486 e. The van der Waals surface area contributed by atoms with Crippen LogP contribution in [0.15, 0.2) is 18.5 Å².